The number of nitrogens with one attached hydrogen (secondary N) is 1. The minimum absolute atomic E-state index is 0.0690. The predicted octanol–water partition coefficient (Wildman–Crippen LogP) is 1.62. The summed E-state index contributed by atoms with van der Waals surface area (Å²) in [6.45, 7) is 3.35. The normalized spacial score (nSPS) is 20.3. The molecule has 1 aliphatic rings. The van der Waals surface area contributed by atoms with Gasteiger partial charge in [-0.15, -0.1) is 0 Å². The smallest absolute Gasteiger partial charge is 0.322 e. The average molecular weight is 270 g/mol. The van der Waals surface area contributed by atoms with Crippen molar-refractivity contribution in [2.45, 2.75) is 57.9 Å². The molecule has 1 amide bonds. The lowest BCUT2D eigenvalue weighted by Crippen LogP contribution is -2.57. The number of carboxylic acids is 1. The van der Waals surface area contributed by atoms with Crippen molar-refractivity contribution in [2.75, 3.05) is 19.6 Å². The molecular formula is C14H26N2O3. The Bertz CT molecular complexity index is 294. The SMILES string of the molecule is CCCCCCCCCN1CC(=O)NCC1C(=O)O. The van der Waals surface area contributed by atoms with Gasteiger partial charge >= 0.3 is 5.97 Å². The van der Waals surface area contributed by atoms with Crippen molar-refractivity contribution >= 4 is 11.9 Å². The van der Waals surface area contributed by atoms with E-state index >= 15 is 0 Å². The number of hydrogen-bond donors (Lipinski definition) is 2. The number of carbonyl (C=O) groups excluding carboxylic acids is 1. The van der Waals surface area contributed by atoms with Crippen LogP contribution in [0.2, 0.25) is 0 Å². The molecule has 5 heteroatoms. The fourth-order valence-electron chi connectivity index (χ4n) is 2.44. The topological polar surface area (TPSA) is 69.6 Å². The van der Waals surface area contributed by atoms with Crippen molar-refractivity contribution in [3.8, 4) is 0 Å². The summed E-state index contributed by atoms with van der Waals surface area (Å²) < 4.78 is 0. The number of rotatable bonds is 9. The summed E-state index contributed by atoms with van der Waals surface area (Å²) in [5.74, 6) is -0.914. The minimum Gasteiger partial charge on any atom is -0.480 e. The number of aliphatic carboxylic acids is 1. The van der Waals surface area contributed by atoms with Crippen LogP contribution in [0, 0.1) is 0 Å². The van der Waals surface area contributed by atoms with Crippen molar-refractivity contribution in [1.82, 2.24) is 10.2 Å². The summed E-state index contributed by atoms with van der Waals surface area (Å²) in [5.41, 5.74) is 0. The van der Waals surface area contributed by atoms with Crippen LogP contribution in [-0.2, 0) is 9.59 Å². The Kier molecular flexibility index (Phi) is 7.48. The molecule has 1 unspecified atom stereocenters. The molecule has 0 bridgehead atoms. The monoisotopic (exact) mass is 270 g/mol. The molecular weight excluding hydrogens is 244 g/mol. The number of carbonyl (C=O) groups is 2. The van der Waals surface area contributed by atoms with Crippen LogP contribution in [0.5, 0.6) is 0 Å². The second-order valence-electron chi connectivity index (χ2n) is 5.25. The molecule has 1 aliphatic heterocycles. The highest BCUT2D eigenvalue weighted by Gasteiger charge is 2.31. The molecule has 1 heterocycles. The molecule has 1 saturated heterocycles. The minimum atomic E-state index is -0.844. The second-order valence-corrected chi connectivity index (χ2v) is 5.25. The van der Waals surface area contributed by atoms with Crippen LogP contribution in [0.1, 0.15) is 51.9 Å². The predicted molar refractivity (Wildman–Crippen MR) is 74.0 cm³/mol. The second kappa shape index (κ2) is 8.91. The first-order chi connectivity index (χ1) is 9.15. The molecule has 0 aliphatic carbocycles. The van der Waals surface area contributed by atoms with Crippen LogP contribution in [0.25, 0.3) is 0 Å². The first-order valence-electron chi connectivity index (χ1n) is 7.38. The summed E-state index contributed by atoms with van der Waals surface area (Å²) in [5, 5.41) is 11.7. The first-order valence-corrected chi connectivity index (χ1v) is 7.38. The quantitative estimate of drug-likeness (QED) is 0.625. The molecule has 1 rings (SSSR count). The van der Waals surface area contributed by atoms with Gasteiger partial charge < -0.3 is 10.4 Å². The van der Waals surface area contributed by atoms with Crippen molar-refractivity contribution in [2.24, 2.45) is 0 Å². The number of amides is 1. The van der Waals surface area contributed by atoms with E-state index in [1.54, 1.807) is 4.90 Å². The lowest BCUT2D eigenvalue weighted by Gasteiger charge is -2.32. The van der Waals surface area contributed by atoms with Gasteiger partial charge in [0.25, 0.3) is 0 Å². The maximum Gasteiger partial charge on any atom is 0.322 e. The number of unbranched alkanes of at least 4 members (excludes halogenated alkanes) is 6. The number of nitrogens with zero attached hydrogens (tertiary/aromatic N) is 1. The lowest BCUT2D eigenvalue weighted by atomic mass is 10.1. The standard InChI is InChI=1S/C14H26N2O3/c1-2-3-4-5-6-7-8-9-16-11-13(17)15-10-12(16)14(18)19/h12H,2-11H2,1H3,(H,15,17)(H,18,19). The molecule has 0 aromatic carbocycles. The summed E-state index contributed by atoms with van der Waals surface area (Å²) in [7, 11) is 0. The van der Waals surface area contributed by atoms with Crippen LogP contribution in [0.4, 0.5) is 0 Å². The third-order valence-electron chi connectivity index (χ3n) is 3.61. The highest BCUT2D eigenvalue weighted by atomic mass is 16.4. The van der Waals surface area contributed by atoms with Gasteiger partial charge in [0.2, 0.25) is 5.91 Å². The fraction of sp³-hybridized carbons (Fsp3) is 0.857. The zero-order chi connectivity index (χ0) is 14.1. The van der Waals surface area contributed by atoms with Crippen LogP contribution in [0.3, 0.4) is 0 Å². The molecule has 0 spiro atoms. The summed E-state index contributed by atoms with van der Waals surface area (Å²) in [6.07, 6.45) is 8.41. The van der Waals surface area contributed by atoms with Gasteiger partial charge in [0.1, 0.15) is 6.04 Å². The van der Waals surface area contributed by atoms with Crippen LogP contribution in [-0.4, -0.2) is 47.6 Å². The van der Waals surface area contributed by atoms with E-state index in [1.165, 1.54) is 32.1 Å². The molecule has 0 radical (unpaired) electrons. The van der Waals surface area contributed by atoms with Crippen molar-refractivity contribution < 1.29 is 14.7 Å². The number of piperazine rings is 1. The molecule has 5 nitrogen and oxygen atoms in total. The van der Waals surface area contributed by atoms with Crippen LogP contribution >= 0.6 is 0 Å². The van der Waals surface area contributed by atoms with E-state index < -0.39 is 12.0 Å². The zero-order valence-corrected chi connectivity index (χ0v) is 11.9. The molecule has 0 aromatic rings. The zero-order valence-electron chi connectivity index (χ0n) is 11.9. The van der Waals surface area contributed by atoms with Crippen molar-refractivity contribution in [3.63, 3.8) is 0 Å². The maximum atomic E-state index is 11.3. The van der Waals surface area contributed by atoms with Gasteiger partial charge in [0.15, 0.2) is 0 Å². The van der Waals surface area contributed by atoms with E-state index in [0.717, 1.165) is 12.8 Å². The summed E-state index contributed by atoms with van der Waals surface area (Å²) in [4.78, 5) is 24.2. The van der Waals surface area contributed by atoms with E-state index in [4.69, 9.17) is 5.11 Å². The Morgan fingerprint density at radius 3 is 2.53 bits per heavy atom. The summed E-state index contributed by atoms with van der Waals surface area (Å²) >= 11 is 0. The highest BCUT2D eigenvalue weighted by molar-refractivity contribution is 5.83. The fourth-order valence-corrected chi connectivity index (χ4v) is 2.44. The van der Waals surface area contributed by atoms with E-state index in [0.29, 0.717) is 6.54 Å². The Morgan fingerprint density at radius 2 is 1.89 bits per heavy atom. The van der Waals surface area contributed by atoms with E-state index in [-0.39, 0.29) is 19.0 Å². The molecule has 2 N–H and O–H groups in total. The summed E-state index contributed by atoms with van der Waals surface area (Å²) in [6, 6.07) is -0.558. The van der Waals surface area contributed by atoms with Gasteiger partial charge in [-0.3, -0.25) is 14.5 Å². The van der Waals surface area contributed by atoms with Gasteiger partial charge in [0.05, 0.1) is 6.54 Å². The lowest BCUT2D eigenvalue weighted by molar-refractivity contribution is -0.146. The third-order valence-corrected chi connectivity index (χ3v) is 3.61. The molecule has 1 atom stereocenters. The molecule has 0 saturated carbocycles. The van der Waals surface area contributed by atoms with Crippen LogP contribution < -0.4 is 5.32 Å². The van der Waals surface area contributed by atoms with Gasteiger partial charge in [-0.05, 0) is 13.0 Å². The molecule has 0 aromatic heterocycles. The van der Waals surface area contributed by atoms with Crippen LogP contribution in [0.15, 0.2) is 0 Å². The highest BCUT2D eigenvalue weighted by Crippen LogP contribution is 2.10. The van der Waals surface area contributed by atoms with Gasteiger partial charge in [-0.2, -0.15) is 0 Å². The van der Waals surface area contributed by atoms with Gasteiger partial charge in [-0.25, -0.2) is 0 Å². The van der Waals surface area contributed by atoms with E-state index in [9.17, 15) is 9.59 Å². The number of hydrogen-bond acceptors (Lipinski definition) is 3. The third kappa shape index (κ3) is 6.05. The van der Waals surface area contributed by atoms with Gasteiger partial charge in [-0.1, -0.05) is 45.4 Å². The molecule has 110 valence electrons. The van der Waals surface area contributed by atoms with Gasteiger partial charge in [0, 0.05) is 6.54 Å². The largest absolute Gasteiger partial charge is 0.480 e. The first kappa shape index (κ1) is 16.0. The molecule has 1 fully saturated rings. The van der Waals surface area contributed by atoms with Crippen molar-refractivity contribution in [1.29, 1.82) is 0 Å². The number of carboxylic acid groups (broad SMARTS) is 1. The average Bonchev–Trinajstić information content (AvgIpc) is 2.37. The van der Waals surface area contributed by atoms with E-state index in [1.807, 2.05) is 0 Å². The maximum absolute atomic E-state index is 11.3. The molecule has 19 heavy (non-hydrogen) atoms. The Hall–Kier alpha value is -1.10. The Balaban J connectivity index is 2.18. The van der Waals surface area contributed by atoms with Crippen molar-refractivity contribution in [3.05, 3.63) is 0 Å². The Morgan fingerprint density at radius 1 is 1.26 bits per heavy atom. The Labute approximate surface area is 115 Å². The van der Waals surface area contributed by atoms with E-state index in [2.05, 4.69) is 12.2 Å².